The van der Waals surface area contributed by atoms with Gasteiger partial charge in [-0.25, -0.2) is 0 Å². The first-order chi connectivity index (χ1) is 12.7. The molecule has 0 aliphatic carbocycles. The van der Waals surface area contributed by atoms with Gasteiger partial charge < -0.3 is 19.3 Å². The molecule has 0 N–H and O–H groups in total. The number of ether oxygens (including phenoxy) is 2. The van der Waals surface area contributed by atoms with Crippen LogP contribution in [-0.4, -0.2) is 51.2 Å². The number of para-hydroxylation sites is 1. The molecule has 1 aliphatic rings. The Morgan fingerprint density at radius 2 is 1.50 bits per heavy atom. The first kappa shape index (κ1) is 18.1. The number of amides is 1. The maximum absolute atomic E-state index is 12.6. The summed E-state index contributed by atoms with van der Waals surface area (Å²) in [5.41, 5.74) is 2.17. The molecule has 0 unspecified atom stereocenters. The van der Waals surface area contributed by atoms with Crippen molar-refractivity contribution in [2.24, 2.45) is 0 Å². The Kier molecular flexibility index (Phi) is 6.00. The minimum atomic E-state index is 0.186. The molecule has 1 heterocycles. The lowest BCUT2D eigenvalue weighted by molar-refractivity contribution is -0.131. The number of rotatable bonds is 6. The van der Waals surface area contributed by atoms with Crippen LogP contribution in [0.25, 0.3) is 0 Å². The van der Waals surface area contributed by atoms with Crippen molar-refractivity contribution >= 4 is 11.6 Å². The van der Waals surface area contributed by atoms with Crippen LogP contribution in [0.15, 0.2) is 48.5 Å². The van der Waals surface area contributed by atoms with Crippen molar-refractivity contribution in [2.45, 2.75) is 12.8 Å². The predicted octanol–water partition coefficient (Wildman–Crippen LogP) is 2.99. The molecule has 0 saturated carbocycles. The summed E-state index contributed by atoms with van der Waals surface area (Å²) in [4.78, 5) is 16.9. The lowest BCUT2D eigenvalue weighted by Crippen LogP contribution is -2.48. The summed E-state index contributed by atoms with van der Waals surface area (Å²) in [5.74, 6) is 1.72. The van der Waals surface area contributed by atoms with Crippen LogP contribution < -0.4 is 14.4 Å². The topological polar surface area (TPSA) is 42.0 Å². The van der Waals surface area contributed by atoms with Gasteiger partial charge in [-0.2, -0.15) is 0 Å². The van der Waals surface area contributed by atoms with E-state index in [0.717, 1.165) is 43.2 Å². The van der Waals surface area contributed by atoms with Crippen LogP contribution in [0.5, 0.6) is 11.5 Å². The van der Waals surface area contributed by atoms with Crippen molar-refractivity contribution in [2.75, 3.05) is 45.3 Å². The van der Waals surface area contributed by atoms with E-state index in [0.29, 0.717) is 12.8 Å². The number of hydrogen-bond acceptors (Lipinski definition) is 4. The Morgan fingerprint density at radius 3 is 2.08 bits per heavy atom. The van der Waals surface area contributed by atoms with E-state index in [1.807, 2.05) is 41.3 Å². The number of carbonyl (C=O) groups is 1. The summed E-state index contributed by atoms with van der Waals surface area (Å²) in [6.07, 6.45) is 1.08. The second kappa shape index (κ2) is 8.61. The molecule has 1 aliphatic heterocycles. The second-order valence-corrected chi connectivity index (χ2v) is 6.34. The average molecular weight is 354 g/mol. The monoisotopic (exact) mass is 354 g/mol. The number of piperazine rings is 1. The maximum atomic E-state index is 12.6. The number of methoxy groups -OCH3 is 2. The molecular formula is C21H26N2O3. The van der Waals surface area contributed by atoms with E-state index in [1.165, 1.54) is 5.69 Å². The minimum Gasteiger partial charge on any atom is -0.496 e. The van der Waals surface area contributed by atoms with Gasteiger partial charge in [-0.3, -0.25) is 4.79 Å². The molecule has 138 valence electrons. The SMILES string of the molecule is COc1cccc(OC)c1CCC(=O)N1CCN(c2ccccc2)CC1. The van der Waals surface area contributed by atoms with Crippen LogP contribution in [-0.2, 0) is 11.2 Å². The number of anilines is 1. The second-order valence-electron chi connectivity index (χ2n) is 6.34. The summed E-state index contributed by atoms with van der Waals surface area (Å²) >= 11 is 0. The fourth-order valence-corrected chi connectivity index (χ4v) is 3.42. The lowest BCUT2D eigenvalue weighted by atomic mass is 10.1. The van der Waals surface area contributed by atoms with Gasteiger partial charge in [0.15, 0.2) is 0 Å². The summed E-state index contributed by atoms with van der Waals surface area (Å²) in [5, 5.41) is 0. The van der Waals surface area contributed by atoms with Crippen LogP contribution in [0.4, 0.5) is 5.69 Å². The fraction of sp³-hybridized carbons (Fsp3) is 0.381. The van der Waals surface area contributed by atoms with Gasteiger partial charge in [0.05, 0.1) is 14.2 Å². The van der Waals surface area contributed by atoms with E-state index < -0.39 is 0 Å². The third-order valence-electron chi connectivity index (χ3n) is 4.87. The highest BCUT2D eigenvalue weighted by Crippen LogP contribution is 2.29. The quantitative estimate of drug-likeness (QED) is 0.800. The van der Waals surface area contributed by atoms with E-state index in [4.69, 9.17) is 9.47 Å². The van der Waals surface area contributed by atoms with Crippen molar-refractivity contribution in [3.05, 3.63) is 54.1 Å². The summed E-state index contributed by atoms with van der Waals surface area (Å²) < 4.78 is 10.8. The van der Waals surface area contributed by atoms with Gasteiger partial charge in [0.2, 0.25) is 5.91 Å². The van der Waals surface area contributed by atoms with E-state index in [1.54, 1.807) is 14.2 Å². The van der Waals surface area contributed by atoms with Gasteiger partial charge in [0.25, 0.3) is 0 Å². The number of nitrogens with zero attached hydrogens (tertiary/aromatic N) is 2. The molecule has 1 fully saturated rings. The Bertz CT molecular complexity index is 703. The van der Waals surface area contributed by atoms with Crippen molar-refractivity contribution in [3.8, 4) is 11.5 Å². The van der Waals surface area contributed by atoms with Gasteiger partial charge in [0, 0.05) is 43.9 Å². The fourth-order valence-electron chi connectivity index (χ4n) is 3.42. The Morgan fingerprint density at radius 1 is 0.885 bits per heavy atom. The van der Waals surface area contributed by atoms with Gasteiger partial charge in [-0.15, -0.1) is 0 Å². The molecule has 5 nitrogen and oxygen atoms in total. The third-order valence-corrected chi connectivity index (χ3v) is 4.87. The van der Waals surface area contributed by atoms with Crippen LogP contribution >= 0.6 is 0 Å². The van der Waals surface area contributed by atoms with Crippen LogP contribution in [0.3, 0.4) is 0 Å². The molecule has 2 aromatic carbocycles. The van der Waals surface area contributed by atoms with Crippen LogP contribution in [0, 0.1) is 0 Å². The van der Waals surface area contributed by atoms with Crippen molar-refractivity contribution in [1.29, 1.82) is 0 Å². The van der Waals surface area contributed by atoms with Gasteiger partial charge >= 0.3 is 0 Å². The largest absolute Gasteiger partial charge is 0.496 e. The molecule has 0 radical (unpaired) electrons. The molecule has 0 bridgehead atoms. The van der Waals surface area contributed by atoms with Gasteiger partial charge in [0.1, 0.15) is 11.5 Å². The van der Waals surface area contributed by atoms with E-state index >= 15 is 0 Å². The Labute approximate surface area is 155 Å². The molecule has 0 atom stereocenters. The summed E-state index contributed by atoms with van der Waals surface area (Å²) in [7, 11) is 3.28. The zero-order valence-electron chi connectivity index (χ0n) is 15.5. The minimum absolute atomic E-state index is 0.186. The zero-order valence-corrected chi connectivity index (χ0v) is 15.5. The first-order valence-corrected chi connectivity index (χ1v) is 9.00. The molecule has 0 spiro atoms. The van der Waals surface area contributed by atoms with Gasteiger partial charge in [-0.05, 0) is 30.7 Å². The summed E-state index contributed by atoms with van der Waals surface area (Å²) in [6.45, 7) is 3.26. The summed E-state index contributed by atoms with van der Waals surface area (Å²) in [6, 6.07) is 16.1. The molecule has 1 saturated heterocycles. The standard InChI is InChI=1S/C21H26N2O3/c1-25-19-9-6-10-20(26-2)18(19)11-12-21(24)23-15-13-22(14-16-23)17-7-4-3-5-8-17/h3-10H,11-16H2,1-2H3. The van der Waals surface area contributed by atoms with Crippen LogP contribution in [0.2, 0.25) is 0 Å². The zero-order chi connectivity index (χ0) is 18.4. The van der Waals surface area contributed by atoms with Crippen molar-refractivity contribution in [3.63, 3.8) is 0 Å². The van der Waals surface area contributed by atoms with Crippen molar-refractivity contribution < 1.29 is 14.3 Å². The van der Waals surface area contributed by atoms with Crippen LogP contribution in [0.1, 0.15) is 12.0 Å². The first-order valence-electron chi connectivity index (χ1n) is 9.00. The maximum Gasteiger partial charge on any atom is 0.223 e. The molecule has 3 rings (SSSR count). The number of carbonyl (C=O) groups excluding carboxylic acids is 1. The normalized spacial score (nSPS) is 14.2. The predicted molar refractivity (Wildman–Crippen MR) is 103 cm³/mol. The van der Waals surface area contributed by atoms with E-state index in [9.17, 15) is 4.79 Å². The highest BCUT2D eigenvalue weighted by molar-refractivity contribution is 5.77. The smallest absolute Gasteiger partial charge is 0.223 e. The molecule has 26 heavy (non-hydrogen) atoms. The number of hydrogen-bond donors (Lipinski definition) is 0. The molecule has 5 heteroatoms. The number of benzene rings is 2. The lowest BCUT2D eigenvalue weighted by Gasteiger charge is -2.36. The highest BCUT2D eigenvalue weighted by atomic mass is 16.5. The highest BCUT2D eigenvalue weighted by Gasteiger charge is 2.22. The Hall–Kier alpha value is -2.69. The third kappa shape index (κ3) is 4.10. The average Bonchev–Trinajstić information content (AvgIpc) is 2.72. The molecule has 2 aromatic rings. The molecule has 0 aromatic heterocycles. The molecular weight excluding hydrogens is 328 g/mol. The van der Waals surface area contributed by atoms with E-state index in [2.05, 4.69) is 17.0 Å². The Balaban J connectivity index is 1.56. The van der Waals surface area contributed by atoms with E-state index in [-0.39, 0.29) is 5.91 Å². The van der Waals surface area contributed by atoms with Crippen molar-refractivity contribution in [1.82, 2.24) is 4.90 Å². The van der Waals surface area contributed by atoms with Gasteiger partial charge in [-0.1, -0.05) is 24.3 Å². The molecule has 1 amide bonds.